The van der Waals surface area contributed by atoms with E-state index >= 15 is 0 Å². The minimum atomic E-state index is -0.322. The van der Waals surface area contributed by atoms with E-state index in [-0.39, 0.29) is 23.3 Å². The Morgan fingerprint density at radius 2 is 1.43 bits per heavy atom. The van der Waals surface area contributed by atoms with E-state index in [9.17, 15) is 14.4 Å². The molecule has 218 valence electrons. The molecule has 1 aliphatic rings. The molecule has 3 rings (SSSR count). The van der Waals surface area contributed by atoms with Gasteiger partial charge in [-0.1, -0.05) is 109 Å². The average molecular weight is 548 g/mol. The monoisotopic (exact) mass is 547 g/mol. The zero-order valence-electron chi connectivity index (χ0n) is 25.0. The van der Waals surface area contributed by atoms with Crippen molar-refractivity contribution in [3.8, 4) is 17.2 Å². The summed E-state index contributed by atoms with van der Waals surface area (Å²) >= 11 is 0. The first kappa shape index (κ1) is 31.9. The second-order valence-electron chi connectivity index (χ2n) is 11.9. The molecule has 0 heterocycles. The predicted octanol–water partition coefficient (Wildman–Crippen LogP) is 10.8. The first-order valence-electron chi connectivity index (χ1n) is 16.0. The Labute approximate surface area is 242 Å². The van der Waals surface area contributed by atoms with Crippen molar-refractivity contribution in [2.24, 2.45) is 5.41 Å². The quantitative estimate of drug-likeness (QED) is 0.146. The van der Waals surface area contributed by atoms with Crippen molar-refractivity contribution in [2.75, 3.05) is 0 Å². The van der Waals surface area contributed by atoms with Gasteiger partial charge in [0, 0.05) is 0 Å². The number of halogens is 1. The van der Waals surface area contributed by atoms with Gasteiger partial charge in [0.2, 0.25) is 0 Å². The number of aryl methyl sites for hydroxylation is 1. The second-order valence-corrected chi connectivity index (χ2v) is 11.9. The van der Waals surface area contributed by atoms with E-state index in [0.29, 0.717) is 5.56 Å². The third kappa shape index (κ3) is 10.1. The number of hydrogen-bond acceptors (Lipinski definition) is 3. The fourth-order valence-corrected chi connectivity index (χ4v) is 5.97. The van der Waals surface area contributed by atoms with E-state index in [2.05, 4.69) is 19.9 Å². The van der Waals surface area contributed by atoms with E-state index in [1.807, 2.05) is 24.3 Å². The molecule has 1 aliphatic carbocycles. The van der Waals surface area contributed by atoms with Crippen LogP contribution in [0.4, 0.5) is 4.39 Å². The molecule has 0 aliphatic heterocycles. The summed E-state index contributed by atoms with van der Waals surface area (Å²) < 4.78 is 20.6. The first-order chi connectivity index (χ1) is 19.5. The van der Waals surface area contributed by atoms with Gasteiger partial charge in [-0.2, -0.15) is 5.26 Å². The van der Waals surface area contributed by atoms with Crippen molar-refractivity contribution in [1.82, 2.24) is 0 Å². The van der Waals surface area contributed by atoms with Crippen LogP contribution in [0.1, 0.15) is 139 Å². The summed E-state index contributed by atoms with van der Waals surface area (Å²) in [5.41, 5.74) is 2.73. The van der Waals surface area contributed by atoms with Crippen molar-refractivity contribution in [3.63, 3.8) is 0 Å². The lowest BCUT2D eigenvalue weighted by Crippen LogP contribution is -2.31. The summed E-state index contributed by atoms with van der Waals surface area (Å²) in [7, 11) is 0. The zero-order valence-corrected chi connectivity index (χ0v) is 25.0. The third-order valence-corrected chi connectivity index (χ3v) is 8.72. The van der Waals surface area contributed by atoms with E-state index in [0.717, 1.165) is 74.5 Å². The Balaban J connectivity index is 1.45. The number of ether oxygens (including phenoxy) is 1. The maximum atomic E-state index is 14.8. The smallest absolute Gasteiger partial charge is 0.338 e. The molecule has 2 aromatic carbocycles. The molecule has 40 heavy (non-hydrogen) atoms. The molecule has 2 aromatic rings. The van der Waals surface area contributed by atoms with Gasteiger partial charge in [-0.3, -0.25) is 0 Å². The molecule has 0 spiro atoms. The molecule has 0 bridgehead atoms. The van der Waals surface area contributed by atoms with Gasteiger partial charge in [-0.05, 0) is 79.8 Å². The molecule has 1 fully saturated rings. The number of unbranched alkanes of at least 4 members (excludes halogenated alkanes) is 10. The van der Waals surface area contributed by atoms with E-state index < -0.39 is 0 Å². The molecule has 0 radical (unpaired) electrons. The van der Waals surface area contributed by atoms with Crippen LogP contribution >= 0.6 is 0 Å². The van der Waals surface area contributed by atoms with Crippen LogP contribution in [0.15, 0.2) is 42.5 Å². The van der Waals surface area contributed by atoms with Crippen LogP contribution in [0.25, 0.3) is 11.1 Å². The number of esters is 1. The van der Waals surface area contributed by atoms with Crippen molar-refractivity contribution >= 4 is 5.97 Å². The van der Waals surface area contributed by atoms with Crippen LogP contribution < -0.4 is 0 Å². The predicted molar refractivity (Wildman–Crippen MR) is 163 cm³/mol. The number of nitrogens with zero attached hydrogens (tertiary/aromatic N) is 1. The van der Waals surface area contributed by atoms with Crippen molar-refractivity contribution in [2.45, 2.75) is 136 Å². The number of hydrogen-bond donors (Lipinski definition) is 0. The Hall–Kier alpha value is -2.67. The fourth-order valence-electron chi connectivity index (χ4n) is 5.97. The van der Waals surface area contributed by atoms with Gasteiger partial charge in [0.25, 0.3) is 0 Å². The highest BCUT2D eigenvalue weighted by molar-refractivity contribution is 5.90. The van der Waals surface area contributed by atoms with Crippen LogP contribution in [-0.4, -0.2) is 12.1 Å². The Bertz CT molecular complexity index is 1060. The normalized spacial score (nSPS) is 18.8. The number of carbonyl (C=O) groups excluding carboxylic acids is 1. The summed E-state index contributed by atoms with van der Waals surface area (Å²) in [6.07, 6.45) is 19.3. The van der Waals surface area contributed by atoms with Gasteiger partial charge in [-0.15, -0.1) is 0 Å². The van der Waals surface area contributed by atoms with Crippen LogP contribution in [0.5, 0.6) is 0 Å². The van der Waals surface area contributed by atoms with Gasteiger partial charge < -0.3 is 4.74 Å². The molecule has 4 heteroatoms. The highest BCUT2D eigenvalue weighted by Gasteiger charge is 2.36. The molecule has 0 saturated heterocycles. The standard InChI is InChI=1S/C36H50FNO2/c1-3-5-7-9-10-11-13-15-30-18-21-32(27-34(30)37)29-16-19-31(20-17-29)35(39)40-33-22-25-36(28-38,26-23-33)24-14-12-8-6-4-2/h16-21,27,33H,3-15,22-26H2,1-2H3. The molecule has 0 N–H and O–H groups in total. The highest BCUT2D eigenvalue weighted by Crippen LogP contribution is 2.41. The molecule has 0 atom stereocenters. The van der Waals surface area contributed by atoms with E-state index in [1.54, 1.807) is 18.2 Å². The first-order valence-corrected chi connectivity index (χ1v) is 16.0. The van der Waals surface area contributed by atoms with Crippen LogP contribution in [0.3, 0.4) is 0 Å². The summed E-state index contributed by atoms with van der Waals surface area (Å²) in [4.78, 5) is 12.8. The number of rotatable bonds is 17. The van der Waals surface area contributed by atoms with Crippen LogP contribution in [-0.2, 0) is 11.2 Å². The largest absolute Gasteiger partial charge is 0.459 e. The lowest BCUT2D eigenvalue weighted by Gasteiger charge is -2.34. The summed E-state index contributed by atoms with van der Waals surface area (Å²) in [6, 6.07) is 15.3. The Morgan fingerprint density at radius 1 is 0.850 bits per heavy atom. The Kier molecular flexibility index (Phi) is 13.7. The van der Waals surface area contributed by atoms with Crippen LogP contribution in [0, 0.1) is 22.6 Å². The van der Waals surface area contributed by atoms with E-state index in [4.69, 9.17) is 4.74 Å². The van der Waals surface area contributed by atoms with Gasteiger partial charge in [0.15, 0.2) is 0 Å². The minimum Gasteiger partial charge on any atom is -0.459 e. The molecular weight excluding hydrogens is 497 g/mol. The average Bonchev–Trinajstić information content (AvgIpc) is 2.98. The summed E-state index contributed by atoms with van der Waals surface area (Å²) in [5.74, 6) is -0.476. The third-order valence-electron chi connectivity index (χ3n) is 8.72. The lowest BCUT2D eigenvalue weighted by molar-refractivity contribution is 0.0105. The van der Waals surface area contributed by atoms with Gasteiger partial charge in [0.1, 0.15) is 11.9 Å². The molecule has 1 saturated carbocycles. The fraction of sp³-hybridized carbons (Fsp3) is 0.611. The molecule has 0 aromatic heterocycles. The summed E-state index contributed by atoms with van der Waals surface area (Å²) in [6.45, 7) is 4.44. The highest BCUT2D eigenvalue weighted by atomic mass is 19.1. The molecule has 0 unspecified atom stereocenters. The SMILES string of the molecule is CCCCCCCCCc1ccc(-c2ccc(C(=O)OC3CCC(C#N)(CCCCCCC)CC3)cc2)cc1F. The number of nitriles is 1. The van der Waals surface area contributed by atoms with Crippen molar-refractivity contribution in [1.29, 1.82) is 5.26 Å². The topological polar surface area (TPSA) is 50.1 Å². The van der Waals surface area contributed by atoms with E-state index in [1.165, 1.54) is 57.8 Å². The van der Waals surface area contributed by atoms with Gasteiger partial charge in [-0.25, -0.2) is 9.18 Å². The number of carbonyl (C=O) groups is 1. The molecule has 3 nitrogen and oxygen atoms in total. The second kappa shape index (κ2) is 17.2. The van der Waals surface area contributed by atoms with Gasteiger partial charge >= 0.3 is 5.97 Å². The molecular formula is C36H50FNO2. The van der Waals surface area contributed by atoms with Crippen molar-refractivity contribution < 1.29 is 13.9 Å². The van der Waals surface area contributed by atoms with Crippen LogP contribution in [0.2, 0.25) is 0 Å². The Morgan fingerprint density at radius 3 is 2.02 bits per heavy atom. The van der Waals surface area contributed by atoms with Gasteiger partial charge in [0.05, 0.1) is 17.0 Å². The molecule has 0 amide bonds. The van der Waals surface area contributed by atoms with Crippen molar-refractivity contribution in [3.05, 3.63) is 59.4 Å². The summed E-state index contributed by atoms with van der Waals surface area (Å²) in [5, 5.41) is 9.84. The maximum absolute atomic E-state index is 14.8. The zero-order chi connectivity index (χ0) is 28.6. The maximum Gasteiger partial charge on any atom is 0.338 e. The minimum absolute atomic E-state index is 0.133. The lowest BCUT2D eigenvalue weighted by atomic mass is 9.71. The number of benzene rings is 2.